The van der Waals surface area contributed by atoms with Crippen molar-refractivity contribution in [1.29, 1.82) is 0 Å². The molecule has 4 fully saturated rings. The van der Waals surface area contributed by atoms with Crippen LogP contribution in [-0.2, 0) is 0 Å². The number of aliphatic hydroxyl groups is 1. The molecule has 0 aromatic rings. The van der Waals surface area contributed by atoms with Crippen molar-refractivity contribution in [2.24, 2.45) is 23.7 Å². The molecule has 0 aromatic carbocycles. The lowest BCUT2D eigenvalue weighted by Gasteiger charge is -2.48. The molecule has 5 unspecified atom stereocenters. The average molecular weight is 180 g/mol. The predicted molar refractivity (Wildman–Crippen MR) is 52.3 cm³/mol. The Morgan fingerprint density at radius 1 is 0.923 bits per heavy atom. The van der Waals surface area contributed by atoms with Gasteiger partial charge in [0.1, 0.15) is 0 Å². The molecule has 0 aromatic heterocycles. The van der Waals surface area contributed by atoms with Crippen LogP contribution < -0.4 is 0 Å². The number of hydrogen-bond acceptors (Lipinski definition) is 1. The van der Waals surface area contributed by atoms with Crippen molar-refractivity contribution in [2.45, 2.75) is 51.0 Å². The van der Waals surface area contributed by atoms with E-state index in [0.717, 1.165) is 11.8 Å². The number of rotatable bonds is 0. The molecule has 4 rings (SSSR count). The molecular formula is C12H20O. The third-order valence-corrected chi connectivity index (χ3v) is 5.10. The van der Waals surface area contributed by atoms with Gasteiger partial charge < -0.3 is 5.11 Å². The number of fused-ring (bicyclic) bond motifs is 1. The van der Waals surface area contributed by atoms with Gasteiger partial charge in [-0.2, -0.15) is 0 Å². The summed E-state index contributed by atoms with van der Waals surface area (Å²) in [4.78, 5) is 0. The summed E-state index contributed by atoms with van der Waals surface area (Å²) in [6, 6.07) is 0. The molecule has 74 valence electrons. The first-order valence-electron chi connectivity index (χ1n) is 5.88. The standard InChI is InChI=1S/C12H20O/c1-12(13)10-3-2-8-4-9(6-10)7-11(12)5-8/h8-11,13H,2-7H2,1H3. The van der Waals surface area contributed by atoms with E-state index in [2.05, 4.69) is 6.92 Å². The summed E-state index contributed by atoms with van der Waals surface area (Å²) in [5.41, 5.74) is -0.314. The highest BCUT2D eigenvalue weighted by Crippen LogP contribution is 2.55. The van der Waals surface area contributed by atoms with Gasteiger partial charge in [-0.15, -0.1) is 0 Å². The molecule has 13 heavy (non-hydrogen) atoms. The summed E-state index contributed by atoms with van der Waals surface area (Å²) in [6.45, 7) is 2.10. The van der Waals surface area contributed by atoms with E-state index < -0.39 is 0 Å². The Morgan fingerprint density at radius 3 is 2.46 bits per heavy atom. The molecule has 0 saturated heterocycles. The van der Waals surface area contributed by atoms with E-state index in [1.165, 1.54) is 38.5 Å². The smallest absolute Gasteiger partial charge is 0.0676 e. The van der Waals surface area contributed by atoms with Crippen LogP contribution in [0, 0.1) is 23.7 Å². The molecule has 4 bridgehead atoms. The Balaban J connectivity index is 1.97. The van der Waals surface area contributed by atoms with Crippen LogP contribution in [0.2, 0.25) is 0 Å². The first-order chi connectivity index (χ1) is 6.16. The first kappa shape index (κ1) is 8.28. The highest BCUT2D eigenvalue weighted by molar-refractivity contribution is 5.02. The van der Waals surface area contributed by atoms with Crippen molar-refractivity contribution in [3.63, 3.8) is 0 Å². The van der Waals surface area contributed by atoms with Crippen molar-refractivity contribution in [3.8, 4) is 0 Å². The molecule has 5 atom stereocenters. The van der Waals surface area contributed by atoms with E-state index in [0.29, 0.717) is 11.8 Å². The average Bonchev–Trinajstić information content (AvgIpc) is 2.26. The summed E-state index contributed by atoms with van der Waals surface area (Å²) < 4.78 is 0. The van der Waals surface area contributed by atoms with Crippen molar-refractivity contribution in [1.82, 2.24) is 0 Å². The van der Waals surface area contributed by atoms with Crippen LogP contribution in [0.15, 0.2) is 0 Å². The molecule has 0 spiro atoms. The topological polar surface area (TPSA) is 20.2 Å². The van der Waals surface area contributed by atoms with E-state index in [1.807, 2.05) is 0 Å². The summed E-state index contributed by atoms with van der Waals surface area (Å²) in [7, 11) is 0. The van der Waals surface area contributed by atoms with Gasteiger partial charge in [-0.1, -0.05) is 6.42 Å². The molecular weight excluding hydrogens is 160 g/mol. The second-order valence-electron chi connectivity index (χ2n) is 5.87. The van der Waals surface area contributed by atoms with Crippen LogP contribution in [0.25, 0.3) is 0 Å². The molecule has 1 nitrogen and oxygen atoms in total. The summed E-state index contributed by atoms with van der Waals surface area (Å²) in [5.74, 6) is 3.19. The van der Waals surface area contributed by atoms with Crippen LogP contribution in [-0.4, -0.2) is 10.7 Å². The van der Waals surface area contributed by atoms with Crippen LogP contribution in [0.5, 0.6) is 0 Å². The minimum Gasteiger partial charge on any atom is -0.390 e. The van der Waals surface area contributed by atoms with Crippen LogP contribution in [0.4, 0.5) is 0 Å². The van der Waals surface area contributed by atoms with Crippen molar-refractivity contribution >= 4 is 0 Å². The van der Waals surface area contributed by atoms with E-state index in [1.54, 1.807) is 0 Å². The maximum absolute atomic E-state index is 10.5. The molecule has 1 heteroatoms. The molecule has 0 heterocycles. The largest absolute Gasteiger partial charge is 0.390 e. The number of hydrogen-bond donors (Lipinski definition) is 1. The molecule has 4 aliphatic carbocycles. The van der Waals surface area contributed by atoms with Gasteiger partial charge in [-0.3, -0.25) is 0 Å². The fraction of sp³-hybridized carbons (Fsp3) is 1.00. The SMILES string of the molecule is CC1(O)C2CCC3CC(C2)CC1C3. The maximum atomic E-state index is 10.5. The molecule has 0 aliphatic heterocycles. The van der Waals surface area contributed by atoms with E-state index in [9.17, 15) is 5.11 Å². The second kappa shape index (κ2) is 2.50. The second-order valence-corrected chi connectivity index (χ2v) is 5.87. The lowest BCUT2D eigenvalue weighted by molar-refractivity contribution is -0.104. The molecule has 4 saturated carbocycles. The van der Waals surface area contributed by atoms with Gasteiger partial charge in [0.15, 0.2) is 0 Å². The van der Waals surface area contributed by atoms with Crippen LogP contribution in [0.3, 0.4) is 0 Å². The lowest BCUT2D eigenvalue weighted by Crippen LogP contribution is -2.48. The summed E-state index contributed by atoms with van der Waals surface area (Å²) >= 11 is 0. The summed E-state index contributed by atoms with van der Waals surface area (Å²) in [5, 5.41) is 10.5. The Kier molecular flexibility index (Phi) is 1.59. The van der Waals surface area contributed by atoms with Gasteiger partial charge in [0.25, 0.3) is 0 Å². The third-order valence-electron chi connectivity index (χ3n) is 5.10. The highest BCUT2D eigenvalue weighted by Gasteiger charge is 2.51. The van der Waals surface area contributed by atoms with Crippen molar-refractivity contribution in [2.75, 3.05) is 0 Å². The first-order valence-corrected chi connectivity index (χ1v) is 5.88. The molecule has 4 aliphatic rings. The maximum Gasteiger partial charge on any atom is 0.0676 e. The van der Waals surface area contributed by atoms with Crippen molar-refractivity contribution in [3.05, 3.63) is 0 Å². The predicted octanol–water partition coefficient (Wildman–Crippen LogP) is 2.58. The fourth-order valence-corrected chi connectivity index (χ4v) is 4.29. The summed E-state index contributed by atoms with van der Waals surface area (Å²) in [6.07, 6.45) is 8.13. The minimum atomic E-state index is -0.314. The van der Waals surface area contributed by atoms with Gasteiger partial charge in [0.2, 0.25) is 0 Å². The molecule has 0 radical (unpaired) electrons. The van der Waals surface area contributed by atoms with Crippen LogP contribution in [0.1, 0.15) is 45.4 Å². The zero-order valence-corrected chi connectivity index (χ0v) is 8.50. The van der Waals surface area contributed by atoms with Gasteiger partial charge in [0, 0.05) is 0 Å². The van der Waals surface area contributed by atoms with E-state index in [-0.39, 0.29) is 5.60 Å². The highest BCUT2D eigenvalue weighted by atomic mass is 16.3. The molecule has 1 N–H and O–H groups in total. The van der Waals surface area contributed by atoms with Gasteiger partial charge in [-0.25, -0.2) is 0 Å². The quantitative estimate of drug-likeness (QED) is 0.607. The van der Waals surface area contributed by atoms with Crippen molar-refractivity contribution < 1.29 is 5.11 Å². The Hall–Kier alpha value is -0.0400. The van der Waals surface area contributed by atoms with E-state index >= 15 is 0 Å². The normalized spacial score (nSPS) is 59.5. The van der Waals surface area contributed by atoms with Gasteiger partial charge in [-0.05, 0) is 62.7 Å². The third kappa shape index (κ3) is 1.09. The zero-order valence-electron chi connectivity index (χ0n) is 8.50. The Bertz CT molecular complexity index is 211. The Labute approximate surface area is 80.5 Å². The zero-order chi connectivity index (χ0) is 9.05. The lowest BCUT2D eigenvalue weighted by atomic mass is 9.60. The monoisotopic (exact) mass is 180 g/mol. The minimum absolute atomic E-state index is 0.314. The molecule has 0 amide bonds. The fourth-order valence-electron chi connectivity index (χ4n) is 4.29. The van der Waals surface area contributed by atoms with Crippen LogP contribution >= 0.6 is 0 Å². The van der Waals surface area contributed by atoms with Gasteiger partial charge >= 0.3 is 0 Å². The van der Waals surface area contributed by atoms with E-state index in [4.69, 9.17) is 0 Å². The van der Waals surface area contributed by atoms with Gasteiger partial charge in [0.05, 0.1) is 5.60 Å². The Morgan fingerprint density at radius 2 is 1.62 bits per heavy atom.